The van der Waals surface area contributed by atoms with Crippen molar-refractivity contribution in [2.24, 2.45) is 0 Å². The molecule has 0 saturated carbocycles. The Morgan fingerprint density at radius 2 is 0.938 bits per heavy atom. The van der Waals surface area contributed by atoms with E-state index >= 15 is 0 Å². The first-order chi connectivity index (χ1) is 14.9. The second-order valence-electron chi connectivity index (χ2n) is 9.47. The summed E-state index contributed by atoms with van der Waals surface area (Å²) in [6, 6.07) is 17.6. The van der Waals surface area contributed by atoms with Crippen LogP contribution in [-0.2, 0) is 18.3 Å². The summed E-state index contributed by atoms with van der Waals surface area (Å²) in [4.78, 5) is 25.0. The molecule has 174 valence electrons. The zero-order chi connectivity index (χ0) is 23.8. The van der Waals surface area contributed by atoms with Crippen molar-refractivity contribution in [2.45, 2.75) is 51.5 Å². The van der Waals surface area contributed by atoms with Crippen molar-refractivity contribution < 1.29 is 27.9 Å². The molecule has 2 rings (SSSR count). The molecule has 0 aromatic heterocycles. The molecule has 6 nitrogen and oxygen atoms in total. The lowest BCUT2D eigenvalue weighted by molar-refractivity contribution is -0.0381. The number of ether oxygens (including phenoxy) is 2. The maximum atomic E-state index is 12.5. The van der Waals surface area contributed by atoms with E-state index in [1.807, 2.05) is 12.1 Å². The van der Waals surface area contributed by atoms with Gasteiger partial charge in [-0.15, -0.1) is 0 Å². The van der Waals surface area contributed by atoms with E-state index in [9.17, 15) is 9.59 Å². The maximum Gasteiger partial charge on any atom is 0.338 e. The summed E-state index contributed by atoms with van der Waals surface area (Å²) < 4.78 is 23.8. The molecular formula is C24H34O6Si2. The van der Waals surface area contributed by atoms with Gasteiger partial charge in [0.2, 0.25) is 0 Å². The van der Waals surface area contributed by atoms with Gasteiger partial charge in [0.15, 0.2) is 16.6 Å². The van der Waals surface area contributed by atoms with Crippen LogP contribution in [0.2, 0.25) is 39.3 Å². The van der Waals surface area contributed by atoms with Crippen molar-refractivity contribution in [3.63, 3.8) is 0 Å². The van der Waals surface area contributed by atoms with E-state index in [2.05, 4.69) is 39.3 Å². The Morgan fingerprint density at radius 1 is 0.625 bits per heavy atom. The van der Waals surface area contributed by atoms with E-state index in [1.165, 1.54) is 0 Å². The van der Waals surface area contributed by atoms with Crippen molar-refractivity contribution >= 4 is 28.6 Å². The molecule has 2 atom stereocenters. The van der Waals surface area contributed by atoms with Crippen LogP contribution in [0.15, 0.2) is 60.7 Å². The fourth-order valence-electron chi connectivity index (χ4n) is 2.97. The van der Waals surface area contributed by atoms with E-state index in [1.54, 1.807) is 48.5 Å². The number of esters is 2. The summed E-state index contributed by atoms with van der Waals surface area (Å²) in [5.74, 6) is -0.856. The van der Waals surface area contributed by atoms with Crippen LogP contribution in [0.5, 0.6) is 0 Å². The van der Waals surface area contributed by atoms with Gasteiger partial charge in [0.05, 0.1) is 11.1 Å². The molecule has 0 aliphatic carbocycles. The number of rotatable bonds is 11. The SMILES string of the molecule is C[Si](C)(C)O[C@@H](COC(=O)c1ccccc1)[C@@H](COC(=O)c1ccccc1)O[Si](C)(C)C. The normalized spacial score (nSPS) is 13.8. The van der Waals surface area contributed by atoms with Crippen molar-refractivity contribution in [1.82, 2.24) is 0 Å². The maximum absolute atomic E-state index is 12.5. The van der Waals surface area contributed by atoms with Gasteiger partial charge in [-0.1, -0.05) is 36.4 Å². The summed E-state index contributed by atoms with van der Waals surface area (Å²) in [5, 5.41) is 0. The molecule has 8 heteroatoms. The molecule has 0 aliphatic rings. The first-order valence-electron chi connectivity index (χ1n) is 10.7. The standard InChI is InChI=1S/C24H34O6Si2/c1-31(2,3)29-21(17-27-23(25)19-13-9-7-10-14-19)22(30-32(4,5)6)18-28-24(26)20-15-11-8-12-16-20/h7-16,21-22H,17-18H2,1-6H3/t21-,22+. The second kappa shape index (κ2) is 11.6. The highest BCUT2D eigenvalue weighted by atomic mass is 28.4. The fourth-order valence-corrected chi connectivity index (χ4v) is 5.23. The summed E-state index contributed by atoms with van der Waals surface area (Å²) in [6.07, 6.45) is -1.10. The molecule has 0 fully saturated rings. The third-order valence-electron chi connectivity index (χ3n) is 4.20. The molecule has 32 heavy (non-hydrogen) atoms. The molecule has 0 heterocycles. The first-order valence-corrected chi connectivity index (χ1v) is 17.6. The summed E-state index contributed by atoms with van der Waals surface area (Å²) in [6.45, 7) is 12.4. The Bertz CT molecular complexity index is 786. The fraction of sp³-hybridized carbons (Fsp3) is 0.417. The highest BCUT2D eigenvalue weighted by Gasteiger charge is 2.34. The Labute approximate surface area is 193 Å². The van der Waals surface area contributed by atoms with Crippen LogP contribution in [0, 0.1) is 0 Å². The highest BCUT2D eigenvalue weighted by Crippen LogP contribution is 2.19. The molecule has 0 amide bonds. The molecule has 2 aromatic rings. The molecule has 0 N–H and O–H groups in total. The molecule has 0 radical (unpaired) electrons. The van der Waals surface area contributed by atoms with Gasteiger partial charge in [0.1, 0.15) is 25.4 Å². The average molecular weight is 475 g/mol. The lowest BCUT2D eigenvalue weighted by Crippen LogP contribution is -2.49. The van der Waals surface area contributed by atoms with E-state index in [4.69, 9.17) is 18.3 Å². The largest absolute Gasteiger partial charge is 0.459 e. The molecule has 2 aromatic carbocycles. The summed E-state index contributed by atoms with van der Waals surface area (Å²) >= 11 is 0. The lowest BCUT2D eigenvalue weighted by atomic mass is 10.2. The Kier molecular flexibility index (Phi) is 9.38. The zero-order valence-electron chi connectivity index (χ0n) is 19.8. The minimum absolute atomic E-state index is 0.00995. The van der Waals surface area contributed by atoms with Gasteiger partial charge in [-0.3, -0.25) is 0 Å². The van der Waals surface area contributed by atoms with Gasteiger partial charge in [-0.25, -0.2) is 9.59 Å². The monoisotopic (exact) mass is 474 g/mol. The molecular weight excluding hydrogens is 440 g/mol. The van der Waals surface area contributed by atoms with Crippen molar-refractivity contribution in [2.75, 3.05) is 13.2 Å². The first kappa shape index (κ1) is 26.0. The molecule has 0 aliphatic heterocycles. The van der Waals surface area contributed by atoms with Crippen LogP contribution in [0.1, 0.15) is 20.7 Å². The number of carbonyl (C=O) groups is 2. The highest BCUT2D eigenvalue weighted by molar-refractivity contribution is 6.70. The molecule has 0 saturated heterocycles. The molecule has 0 unspecified atom stereocenters. The van der Waals surface area contributed by atoms with Gasteiger partial charge < -0.3 is 18.3 Å². The van der Waals surface area contributed by atoms with Crippen LogP contribution in [-0.4, -0.2) is 54.0 Å². The lowest BCUT2D eigenvalue weighted by Gasteiger charge is -2.35. The summed E-state index contributed by atoms with van der Waals surface area (Å²) in [7, 11) is -4.05. The minimum Gasteiger partial charge on any atom is -0.459 e. The predicted molar refractivity (Wildman–Crippen MR) is 130 cm³/mol. The third-order valence-corrected chi connectivity index (χ3v) is 6.22. The third kappa shape index (κ3) is 9.48. The van der Waals surface area contributed by atoms with Crippen LogP contribution >= 0.6 is 0 Å². The predicted octanol–water partition coefficient (Wildman–Crippen LogP) is 5.14. The van der Waals surface area contributed by atoms with Gasteiger partial charge in [0.25, 0.3) is 0 Å². The topological polar surface area (TPSA) is 71.1 Å². The number of carbonyl (C=O) groups excluding carboxylic acids is 2. The van der Waals surface area contributed by atoms with Gasteiger partial charge in [0, 0.05) is 0 Å². The number of hydrogen-bond acceptors (Lipinski definition) is 6. The van der Waals surface area contributed by atoms with Crippen LogP contribution < -0.4 is 0 Å². The quantitative estimate of drug-likeness (QED) is 0.332. The van der Waals surface area contributed by atoms with E-state index < -0.39 is 40.8 Å². The van der Waals surface area contributed by atoms with Crippen molar-refractivity contribution in [3.05, 3.63) is 71.8 Å². The number of hydrogen-bond donors (Lipinski definition) is 0. The van der Waals surface area contributed by atoms with Crippen LogP contribution in [0.25, 0.3) is 0 Å². The smallest absolute Gasteiger partial charge is 0.338 e. The van der Waals surface area contributed by atoms with E-state index in [-0.39, 0.29) is 13.2 Å². The zero-order valence-corrected chi connectivity index (χ0v) is 21.8. The Balaban J connectivity index is 2.16. The number of benzene rings is 2. The average Bonchev–Trinajstić information content (AvgIpc) is 2.73. The molecule has 0 spiro atoms. The van der Waals surface area contributed by atoms with Gasteiger partial charge in [-0.2, -0.15) is 0 Å². The molecule has 0 bridgehead atoms. The van der Waals surface area contributed by atoms with E-state index in [0.29, 0.717) is 11.1 Å². The van der Waals surface area contributed by atoms with Crippen LogP contribution in [0.3, 0.4) is 0 Å². The Morgan fingerprint density at radius 3 is 1.22 bits per heavy atom. The minimum atomic E-state index is -2.03. The van der Waals surface area contributed by atoms with Gasteiger partial charge in [-0.05, 0) is 63.5 Å². The van der Waals surface area contributed by atoms with Crippen LogP contribution in [0.4, 0.5) is 0 Å². The summed E-state index contributed by atoms with van der Waals surface area (Å²) in [5.41, 5.74) is 0.940. The van der Waals surface area contributed by atoms with Gasteiger partial charge >= 0.3 is 11.9 Å². The second-order valence-corrected chi connectivity index (χ2v) is 18.4. The van der Waals surface area contributed by atoms with E-state index in [0.717, 1.165) is 0 Å². The Hall–Kier alpha value is -2.27. The van der Waals surface area contributed by atoms with Crippen molar-refractivity contribution in [1.29, 1.82) is 0 Å². The van der Waals surface area contributed by atoms with Crippen molar-refractivity contribution in [3.8, 4) is 0 Å².